The molecule has 0 saturated heterocycles. The molecule has 0 radical (unpaired) electrons. The lowest BCUT2D eigenvalue weighted by atomic mass is 9.63. The first-order chi connectivity index (χ1) is 9.91. The Balaban J connectivity index is 2.37. The van der Waals surface area contributed by atoms with E-state index in [-0.39, 0.29) is 5.34 Å². The molecular formula is C12H24B7NO2. The quantitative estimate of drug-likeness (QED) is 0.559. The molecule has 0 unspecified atom stereocenters. The van der Waals surface area contributed by atoms with Gasteiger partial charge in [0.2, 0.25) is 0 Å². The molecule has 0 aliphatic carbocycles. The van der Waals surface area contributed by atoms with E-state index in [4.69, 9.17) is 9.47 Å². The van der Waals surface area contributed by atoms with Gasteiger partial charge in [0.05, 0.1) is 0 Å². The average Bonchev–Trinajstić information content (AvgIpc) is 2.66. The van der Waals surface area contributed by atoms with Gasteiger partial charge in [-0.3, -0.25) is 0 Å². The molecule has 0 saturated carbocycles. The minimum atomic E-state index is -0.571. The van der Waals surface area contributed by atoms with E-state index in [1.807, 2.05) is 15.7 Å². The maximum absolute atomic E-state index is 6.04. The van der Waals surface area contributed by atoms with Gasteiger partial charge in [0.1, 0.15) is 39.2 Å². The first-order valence-corrected chi connectivity index (χ1v) is 8.19. The lowest BCUT2D eigenvalue weighted by molar-refractivity contribution is 0.0844. The number of ether oxygens (including phenoxy) is 2. The highest BCUT2D eigenvalue weighted by molar-refractivity contribution is 6.53. The Kier molecular flexibility index (Phi) is 4.56. The number of fused-ring (bicyclic) bond motifs is 1. The van der Waals surface area contributed by atoms with Crippen molar-refractivity contribution in [2.45, 2.75) is 37.2 Å². The first kappa shape index (κ1) is 17.6. The molecule has 1 aromatic rings. The Bertz CT molecular complexity index is 600. The smallest absolute Gasteiger partial charge is 0.197 e. The van der Waals surface area contributed by atoms with Gasteiger partial charge < -0.3 is 14.8 Å². The molecule has 2 rings (SSSR count). The van der Waals surface area contributed by atoms with Crippen molar-refractivity contribution < 1.29 is 9.47 Å². The zero-order valence-electron chi connectivity index (χ0n) is 15.6. The summed E-state index contributed by atoms with van der Waals surface area (Å²) in [6.07, 6.45) is 0.993. The zero-order chi connectivity index (χ0) is 16.9. The van der Waals surface area contributed by atoms with Crippen LogP contribution in [0.15, 0.2) is 0 Å². The van der Waals surface area contributed by atoms with Crippen molar-refractivity contribution in [2.24, 2.45) is 0 Å². The SMILES string of the molecule is Bc1c(B)c2c(c(B)c1C[C@H](C)NC(B)(B)C)OC(B)(B)O2. The van der Waals surface area contributed by atoms with Gasteiger partial charge in [-0.25, -0.2) is 0 Å². The number of rotatable bonds is 4. The van der Waals surface area contributed by atoms with Crippen LogP contribution in [0.2, 0.25) is 0 Å². The van der Waals surface area contributed by atoms with Crippen molar-refractivity contribution in [1.82, 2.24) is 5.32 Å². The number of hydrogen-bond donors (Lipinski definition) is 1. The Morgan fingerprint density at radius 2 is 1.55 bits per heavy atom. The van der Waals surface area contributed by atoms with Gasteiger partial charge in [-0.05, 0) is 29.6 Å². The van der Waals surface area contributed by atoms with E-state index in [2.05, 4.69) is 58.4 Å². The Labute approximate surface area is 140 Å². The molecule has 1 aliphatic rings. The molecular weight excluding hydrogens is 266 g/mol. The Hall–Kier alpha value is -0.765. The van der Waals surface area contributed by atoms with E-state index in [0.29, 0.717) is 6.04 Å². The predicted molar refractivity (Wildman–Crippen MR) is 114 cm³/mol. The van der Waals surface area contributed by atoms with Gasteiger partial charge in [0.25, 0.3) is 0 Å². The fraction of sp³-hybridized carbons (Fsp3) is 0.500. The zero-order valence-corrected chi connectivity index (χ0v) is 15.6. The molecule has 0 fully saturated rings. The standard InChI is InChI=1S/C12H24B7NO2/c1-4(20-11(2,16)17)3-5-6(13)8(15)10-9(7(5)14)21-12(18,19)22-10/h4,20H,3,13-19H2,1-2H3/t4-/m0/s1. The molecule has 3 nitrogen and oxygen atoms in total. The summed E-state index contributed by atoms with van der Waals surface area (Å²) in [7, 11) is 14.8. The molecule has 1 aromatic carbocycles. The molecule has 0 bridgehead atoms. The van der Waals surface area contributed by atoms with Crippen LogP contribution in [0.5, 0.6) is 11.5 Å². The van der Waals surface area contributed by atoms with Gasteiger partial charge in [-0.1, -0.05) is 17.9 Å². The van der Waals surface area contributed by atoms with Crippen LogP contribution in [-0.2, 0) is 6.42 Å². The van der Waals surface area contributed by atoms with Crippen LogP contribution in [0.3, 0.4) is 0 Å². The number of hydrogen-bond acceptors (Lipinski definition) is 3. The summed E-state index contributed by atoms with van der Waals surface area (Å²) in [5.41, 5.74) is 4.54. The second kappa shape index (κ2) is 5.70. The fourth-order valence-electron chi connectivity index (χ4n) is 3.32. The predicted octanol–water partition coefficient (Wildman–Crippen LogP) is -7.43. The number of benzene rings is 1. The summed E-state index contributed by atoms with van der Waals surface area (Å²) in [6.45, 7) is 4.45. The summed E-state index contributed by atoms with van der Waals surface area (Å²) in [6, 6.07) is 0.408. The molecule has 0 aromatic heterocycles. The van der Waals surface area contributed by atoms with Gasteiger partial charge in [-0.15, -0.1) is 0 Å². The monoisotopic (exact) mass is 291 g/mol. The maximum atomic E-state index is 6.04. The lowest BCUT2D eigenvalue weighted by Gasteiger charge is -2.28. The third-order valence-electron chi connectivity index (χ3n) is 4.24. The van der Waals surface area contributed by atoms with Gasteiger partial charge in [0, 0.05) is 6.04 Å². The van der Waals surface area contributed by atoms with Crippen LogP contribution in [-0.4, -0.2) is 71.9 Å². The van der Waals surface area contributed by atoms with Crippen LogP contribution in [0.4, 0.5) is 0 Å². The average molecular weight is 290 g/mol. The second-order valence-electron chi connectivity index (χ2n) is 8.12. The molecule has 1 heterocycles. The van der Waals surface area contributed by atoms with Crippen LogP contribution in [0, 0.1) is 0 Å². The summed E-state index contributed by atoms with van der Waals surface area (Å²) in [5, 5.41) is 3.77. The minimum absolute atomic E-state index is 0.120. The van der Waals surface area contributed by atoms with Crippen molar-refractivity contribution in [1.29, 1.82) is 0 Å². The van der Waals surface area contributed by atoms with Crippen molar-refractivity contribution in [3.05, 3.63) is 5.56 Å². The van der Waals surface area contributed by atoms with E-state index in [9.17, 15) is 0 Å². The molecule has 1 aliphatic heterocycles. The van der Waals surface area contributed by atoms with Crippen molar-refractivity contribution in [2.75, 3.05) is 0 Å². The van der Waals surface area contributed by atoms with E-state index in [1.165, 1.54) is 22.0 Å². The summed E-state index contributed by atoms with van der Waals surface area (Å²) in [5.74, 6) is 1.84. The molecule has 10 heteroatoms. The first-order valence-electron chi connectivity index (χ1n) is 8.19. The molecule has 0 amide bonds. The lowest BCUT2D eigenvalue weighted by Crippen LogP contribution is -2.50. The van der Waals surface area contributed by atoms with Crippen molar-refractivity contribution >= 4 is 71.3 Å². The van der Waals surface area contributed by atoms with Crippen molar-refractivity contribution in [3.8, 4) is 11.5 Å². The summed E-state index contributed by atoms with van der Waals surface area (Å²) < 4.78 is 12.0. The van der Waals surface area contributed by atoms with Gasteiger partial charge in [-0.2, -0.15) is 0 Å². The number of nitrogens with one attached hydrogen (secondary N) is 1. The van der Waals surface area contributed by atoms with Crippen LogP contribution >= 0.6 is 0 Å². The van der Waals surface area contributed by atoms with E-state index >= 15 is 0 Å². The van der Waals surface area contributed by atoms with E-state index in [1.54, 1.807) is 0 Å². The fourth-order valence-corrected chi connectivity index (χ4v) is 3.32. The molecule has 1 atom stereocenters. The maximum Gasteiger partial charge on any atom is 0.197 e. The highest BCUT2D eigenvalue weighted by Gasteiger charge is 2.35. The summed E-state index contributed by atoms with van der Waals surface area (Å²) >= 11 is 0. The highest BCUT2D eigenvalue weighted by Crippen LogP contribution is 2.33. The van der Waals surface area contributed by atoms with Crippen LogP contribution in [0.25, 0.3) is 0 Å². The summed E-state index contributed by atoms with van der Waals surface area (Å²) in [4.78, 5) is 0. The molecule has 22 heavy (non-hydrogen) atoms. The molecule has 110 valence electrons. The Morgan fingerprint density at radius 1 is 1.05 bits per heavy atom. The van der Waals surface area contributed by atoms with E-state index in [0.717, 1.165) is 17.9 Å². The van der Waals surface area contributed by atoms with Crippen LogP contribution < -0.4 is 31.2 Å². The molecule has 1 N–H and O–H groups in total. The molecule has 0 spiro atoms. The highest BCUT2D eigenvalue weighted by atomic mass is 16.7. The van der Waals surface area contributed by atoms with Crippen molar-refractivity contribution in [3.63, 3.8) is 0 Å². The van der Waals surface area contributed by atoms with E-state index < -0.39 is 5.59 Å². The normalized spacial score (nSPS) is 17.4. The second-order valence-corrected chi connectivity index (χ2v) is 8.12. The third kappa shape index (κ3) is 3.59. The van der Waals surface area contributed by atoms with Gasteiger partial charge >= 0.3 is 0 Å². The largest absolute Gasteiger partial charge is 0.467 e. The van der Waals surface area contributed by atoms with Crippen LogP contribution in [0.1, 0.15) is 19.4 Å². The third-order valence-corrected chi connectivity index (χ3v) is 4.24. The topological polar surface area (TPSA) is 30.5 Å². The Morgan fingerprint density at radius 3 is 2.05 bits per heavy atom. The van der Waals surface area contributed by atoms with Gasteiger partial charge in [0.15, 0.2) is 32.8 Å². The minimum Gasteiger partial charge on any atom is -0.467 e.